The van der Waals surface area contributed by atoms with Crippen LogP contribution in [0.25, 0.3) is 10.4 Å². The van der Waals surface area contributed by atoms with Crippen molar-refractivity contribution in [3.63, 3.8) is 0 Å². The lowest BCUT2D eigenvalue weighted by atomic mass is 10.2. The summed E-state index contributed by atoms with van der Waals surface area (Å²) < 4.78 is 33.0. The van der Waals surface area contributed by atoms with Gasteiger partial charge in [-0.3, -0.25) is 9.59 Å². The highest BCUT2D eigenvalue weighted by atomic mass is 32.2. The Balaban J connectivity index is 3.11. The Morgan fingerprint density at radius 3 is 2.56 bits per heavy atom. The molecule has 2 unspecified atom stereocenters. The quantitative estimate of drug-likeness (QED) is 0.211. The van der Waals surface area contributed by atoms with E-state index in [1.807, 2.05) is 13.8 Å². The summed E-state index contributed by atoms with van der Waals surface area (Å²) in [5.41, 5.74) is 7.73. The first-order valence-electron chi connectivity index (χ1n) is 7.79. The fraction of sp³-hybridized carbons (Fsp3) is 0.500. The molecule has 0 saturated carbocycles. The van der Waals surface area contributed by atoms with E-state index < -0.39 is 34.3 Å². The molecule has 6 nitrogen and oxygen atoms in total. The summed E-state index contributed by atoms with van der Waals surface area (Å²) in [4.78, 5) is 26.0. The van der Waals surface area contributed by atoms with Gasteiger partial charge in [-0.15, -0.1) is 11.8 Å². The van der Waals surface area contributed by atoms with Crippen LogP contribution in [0.2, 0.25) is 0 Å². The molecule has 1 amide bonds. The molecular weight excluding hydrogens is 352 g/mol. The van der Waals surface area contributed by atoms with Gasteiger partial charge < -0.3 is 4.74 Å². The van der Waals surface area contributed by atoms with E-state index >= 15 is 0 Å². The molecule has 1 rings (SSSR count). The van der Waals surface area contributed by atoms with E-state index in [1.54, 1.807) is 6.92 Å². The Labute approximate surface area is 148 Å². The smallest absolute Gasteiger partial charge is 0.319 e. The van der Waals surface area contributed by atoms with Crippen LogP contribution in [-0.4, -0.2) is 23.2 Å². The average Bonchev–Trinajstić information content (AvgIpc) is 2.56. The third-order valence-electron chi connectivity index (χ3n) is 3.36. The molecule has 0 aliphatic rings. The normalized spacial score (nSPS) is 12.8. The largest absolute Gasteiger partial charge is 0.462 e. The second-order valence-electron chi connectivity index (χ2n) is 5.31. The van der Waals surface area contributed by atoms with E-state index in [2.05, 4.69) is 10.0 Å². The molecule has 0 spiro atoms. The molecule has 1 aromatic rings. The Bertz CT molecular complexity index is 693. The van der Waals surface area contributed by atoms with Gasteiger partial charge in [0.15, 0.2) is 0 Å². The summed E-state index contributed by atoms with van der Waals surface area (Å²) in [7, 11) is 0. The summed E-state index contributed by atoms with van der Waals surface area (Å²) in [6.45, 7) is 5.48. The molecule has 0 saturated heterocycles. The zero-order valence-electron chi connectivity index (χ0n) is 14.2. The lowest BCUT2D eigenvalue weighted by Gasteiger charge is -2.18. The molecule has 9 heteroatoms. The highest BCUT2D eigenvalue weighted by Crippen LogP contribution is 2.32. The van der Waals surface area contributed by atoms with E-state index in [0.717, 1.165) is 17.8 Å². The maximum absolute atomic E-state index is 14.0. The van der Waals surface area contributed by atoms with Crippen molar-refractivity contribution in [1.82, 2.24) is 0 Å². The number of carbonyl (C=O) groups excluding carboxylic acids is 2. The van der Waals surface area contributed by atoms with E-state index in [-0.39, 0.29) is 11.0 Å². The highest BCUT2D eigenvalue weighted by molar-refractivity contribution is 8.00. The molecule has 0 aliphatic carbocycles. The van der Waals surface area contributed by atoms with Crippen LogP contribution in [0.4, 0.5) is 8.78 Å². The van der Waals surface area contributed by atoms with Crippen LogP contribution in [0.15, 0.2) is 22.1 Å². The predicted molar refractivity (Wildman–Crippen MR) is 90.2 cm³/mol. The Hall–Kier alpha value is -2.12. The molecule has 25 heavy (non-hydrogen) atoms. The van der Waals surface area contributed by atoms with Crippen LogP contribution in [0.5, 0.6) is 0 Å². The molecular formula is C16H19F2N3O3S. The van der Waals surface area contributed by atoms with Crippen molar-refractivity contribution in [2.45, 2.75) is 56.3 Å². The standard InChI is InChI=1S/C16H19F2N3O3S/c1-4-6-13(16(23)24-9(3)5-2)25-14-7-10(15(22)20-21-19)11(17)8-12(14)18/h7-9,13H,4-6H2,1-3H3. The number of ether oxygens (including phenoxy) is 1. The predicted octanol–water partition coefficient (Wildman–Crippen LogP) is 5.02. The number of azide groups is 1. The molecule has 0 radical (unpaired) electrons. The molecule has 0 fully saturated rings. The van der Waals surface area contributed by atoms with Crippen LogP contribution in [-0.2, 0) is 9.53 Å². The lowest BCUT2D eigenvalue weighted by Crippen LogP contribution is -2.24. The first kappa shape index (κ1) is 20.9. The van der Waals surface area contributed by atoms with Crippen molar-refractivity contribution in [3.05, 3.63) is 39.8 Å². The van der Waals surface area contributed by atoms with Crippen LogP contribution >= 0.6 is 11.8 Å². The molecule has 0 heterocycles. The summed E-state index contributed by atoms with van der Waals surface area (Å²) in [6.07, 6.45) is 1.45. The highest BCUT2D eigenvalue weighted by Gasteiger charge is 2.25. The molecule has 0 bridgehead atoms. The second-order valence-corrected chi connectivity index (χ2v) is 6.55. The van der Waals surface area contributed by atoms with Crippen molar-refractivity contribution in [2.24, 2.45) is 5.11 Å². The summed E-state index contributed by atoms with van der Waals surface area (Å²) in [5.74, 6) is -3.69. The zero-order valence-corrected chi connectivity index (χ0v) is 15.0. The SMILES string of the molecule is CCCC(Sc1cc(C(=O)N=[N+]=[N-])c(F)cc1F)C(=O)OC(C)CC. The molecule has 1 aromatic carbocycles. The number of rotatable bonds is 8. The van der Waals surface area contributed by atoms with Crippen LogP contribution in [0.3, 0.4) is 0 Å². The molecule has 0 aromatic heterocycles. The first-order chi connectivity index (χ1) is 11.8. The number of carbonyl (C=O) groups is 2. The minimum Gasteiger partial charge on any atom is -0.462 e. The summed E-state index contributed by atoms with van der Waals surface area (Å²) in [6, 6.07) is 1.48. The van der Waals surface area contributed by atoms with E-state index in [4.69, 9.17) is 10.3 Å². The van der Waals surface area contributed by atoms with Crippen molar-refractivity contribution in [2.75, 3.05) is 0 Å². The van der Waals surface area contributed by atoms with Gasteiger partial charge in [0.05, 0.1) is 11.7 Å². The second kappa shape index (κ2) is 10.0. The fourth-order valence-electron chi connectivity index (χ4n) is 1.88. The van der Waals surface area contributed by atoms with Gasteiger partial charge in [-0.05, 0) is 36.5 Å². The van der Waals surface area contributed by atoms with Gasteiger partial charge in [-0.1, -0.05) is 20.3 Å². The minimum absolute atomic E-state index is 0.0857. The van der Waals surface area contributed by atoms with Crippen LogP contribution < -0.4 is 0 Å². The Morgan fingerprint density at radius 1 is 1.32 bits per heavy atom. The maximum Gasteiger partial charge on any atom is 0.319 e. The van der Waals surface area contributed by atoms with E-state index in [0.29, 0.717) is 25.3 Å². The third-order valence-corrected chi connectivity index (χ3v) is 4.64. The summed E-state index contributed by atoms with van der Waals surface area (Å²) in [5, 5.41) is 2.11. The fourth-order valence-corrected chi connectivity index (χ4v) is 3.04. The number of esters is 1. The molecule has 2 atom stereocenters. The Kier molecular flexibility index (Phi) is 8.37. The van der Waals surface area contributed by atoms with Gasteiger partial charge in [0, 0.05) is 15.9 Å². The van der Waals surface area contributed by atoms with Gasteiger partial charge in [-0.25, -0.2) is 8.78 Å². The maximum atomic E-state index is 14.0. The first-order valence-corrected chi connectivity index (χ1v) is 8.67. The molecule has 0 aliphatic heterocycles. The van der Waals surface area contributed by atoms with Crippen molar-refractivity contribution in [1.29, 1.82) is 0 Å². The van der Waals surface area contributed by atoms with Gasteiger partial charge in [0.25, 0.3) is 5.91 Å². The Morgan fingerprint density at radius 2 is 2.00 bits per heavy atom. The van der Waals surface area contributed by atoms with Gasteiger partial charge >= 0.3 is 5.97 Å². The summed E-state index contributed by atoms with van der Waals surface area (Å²) >= 11 is 0.856. The van der Waals surface area contributed by atoms with Gasteiger partial charge in [-0.2, -0.15) is 0 Å². The van der Waals surface area contributed by atoms with Gasteiger partial charge in [0.1, 0.15) is 16.9 Å². The van der Waals surface area contributed by atoms with Gasteiger partial charge in [0.2, 0.25) is 0 Å². The van der Waals surface area contributed by atoms with Crippen molar-refractivity contribution < 1.29 is 23.1 Å². The number of nitrogens with zero attached hydrogens (tertiary/aromatic N) is 3. The van der Waals surface area contributed by atoms with Crippen molar-refractivity contribution >= 4 is 23.6 Å². The van der Waals surface area contributed by atoms with Crippen LogP contribution in [0.1, 0.15) is 50.4 Å². The lowest BCUT2D eigenvalue weighted by molar-refractivity contribution is -0.147. The topological polar surface area (TPSA) is 92.1 Å². The minimum atomic E-state index is -1.16. The number of halogens is 2. The van der Waals surface area contributed by atoms with E-state index in [9.17, 15) is 18.4 Å². The number of hydrogen-bond acceptors (Lipinski definition) is 4. The average molecular weight is 371 g/mol. The molecule has 136 valence electrons. The van der Waals surface area contributed by atoms with Crippen molar-refractivity contribution in [3.8, 4) is 0 Å². The van der Waals surface area contributed by atoms with Crippen LogP contribution in [0, 0.1) is 11.6 Å². The van der Waals surface area contributed by atoms with E-state index in [1.165, 1.54) is 0 Å². The number of hydrogen-bond donors (Lipinski definition) is 0. The molecule has 0 N–H and O–H groups in total. The number of amides is 1. The number of benzene rings is 1. The zero-order chi connectivity index (χ0) is 19.0. The number of thioether (sulfide) groups is 1. The monoisotopic (exact) mass is 371 g/mol. The third kappa shape index (κ3) is 6.03.